The van der Waals surface area contributed by atoms with Crippen LogP contribution in [0.5, 0.6) is 0 Å². The van der Waals surface area contributed by atoms with Crippen LogP contribution in [0.3, 0.4) is 0 Å². The topological polar surface area (TPSA) is 74.0 Å². The summed E-state index contributed by atoms with van der Waals surface area (Å²) in [6.45, 7) is 2.04. The van der Waals surface area contributed by atoms with Crippen molar-refractivity contribution in [1.29, 1.82) is 0 Å². The summed E-state index contributed by atoms with van der Waals surface area (Å²) in [7, 11) is 3.10. The molecule has 1 aromatic heterocycles. The van der Waals surface area contributed by atoms with E-state index in [1.54, 1.807) is 26.1 Å². The van der Waals surface area contributed by atoms with Crippen molar-refractivity contribution < 1.29 is 19.1 Å². The van der Waals surface area contributed by atoms with Gasteiger partial charge in [0.05, 0.1) is 12.8 Å². The number of carboxylic acids is 1. The Labute approximate surface area is 106 Å². The third kappa shape index (κ3) is 3.26. The van der Waals surface area contributed by atoms with Crippen LogP contribution in [0.2, 0.25) is 0 Å². The van der Waals surface area contributed by atoms with Gasteiger partial charge in [0.15, 0.2) is 0 Å². The number of likely N-dealkylation sites (N-methyl/N-ethyl adjacent to an activating group) is 1. The van der Waals surface area contributed by atoms with Crippen molar-refractivity contribution in [2.75, 3.05) is 14.1 Å². The van der Waals surface area contributed by atoms with Gasteiger partial charge in [0.25, 0.3) is 0 Å². The summed E-state index contributed by atoms with van der Waals surface area (Å²) in [5, 5.41) is 9.00. The first kappa shape index (κ1) is 14.1. The number of furan rings is 1. The van der Waals surface area contributed by atoms with Gasteiger partial charge < -0.3 is 19.3 Å². The molecular formula is C12H18N2O4. The fourth-order valence-electron chi connectivity index (χ4n) is 1.72. The molecule has 1 unspecified atom stereocenters. The number of carboxylic acid groups (broad SMARTS) is 1. The zero-order valence-corrected chi connectivity index (χ0v) is 10.8. The molecule has 6 heteroatoms. The first-order valence-corrected chi connectivity index (χ1v) is 5.70. The molecule has 0 bridgehead atoms. The van der Waals surface area contributed by atoms with Crippen LogP contribution in [0.15, 0.2) is 22.8 Å². The van der Waals surface area contributed by atoms with E-state index in [9.17, 15) is 9.59 Å². The molecule has 18 heavy (non-hydrogen) atoms. The number of carbonyl (C=O) groups is 2. The van der Waals surface area contributed by atoms with E-state index in [4.69, 9.17) is 9.52 Å². The lowest BCUT2D eigenvalue weighted by Gasteiger charge is -2.28. The predicted octanol–water partition coefficient (Wildman–Crippen LogP) is 1.63. The van der Waals surface area contributed by atoms with Crippen molar-refractivity contribution in [2.24, 2.45) is 0 Å². The highest BCUT2D eigenvalue weighted by atomic mass is 16.4. The molecule has 1 atom stereocenters. The molecule has 0 saturated heterocycles. The average Bonchev–Trinajstić information content (AvgIpc) is 2.80. The largest absolute Gasteiger partial charge is 0.480 e. The summed E-state index contributed by atoms with van der Waals surface area (Å²) in [6.07, 6.45) is 1.90. The Morgan fingerprint density at radius 1 is 1.44 bits per heavy atom. The Balaban J connectivity index is 2.65. The molecular weight excluding hydrogens is 236 g/mol. The van der Waals surface area contributed by atoms with Gasteiger partial charge in [-0.25, -0.2) is 9.59 Å². The summed E-state index contributed by atoms with van der Waals surface area (Å²) in [5.41, 5.74) is 0. The lowest BCUT2D eigenvalue weighted by atomic mass is 10.2. The molecule has 6 nitrogen and oxygen atoms in total. The number of nitrogens with zero attached hydrogens (tertiary/aromatic N) is 2. The van der Waals surface area contributed by atoms with Crippen molar-refractivity contribution in [2.45, 2.75) is 25.9 Å². The zero-order chi connectivity index (χ0) is 13.7. The molecule has 1 N–H and O–H groups in total. The first-order chi connectivity index (χ1) is 8.47. The van der Waals surface area contributed by atoms with Crippen LogP contribution < -0.4 is 0 Å². The van der Waals surface area contributed by atoms with E-state index in [1.165, 1.54) is 23.1 Å². The van der Waals surface area contributed by atoms with Gasteiger partial charge in [-0.05, 0) is 18.6 Å². The number of aliphatic carboxylic acids is 1. The second-order valence-corrected chi connectivity index (χ2v) is 4.09. The average molecular weight is 254 g/mol. The second-order valence-electron chi connectivity index (χ2n) is 4.09. The number of rotatable bonds is 5. The maximum absolute atomic E-state index is 12.0. The Hall–Kier alpha value is -1.98. The summed E-state index contributed by atoms with van der Waals surface area (Å²) in [6, 6.07) is 2.35. The van der Waals surface area contributed by atoms with E-state index in [0.29, 0.717) is 18.7 Å². The lowest BCUT2D eigenvalue weighted by molar-refractivity contribution is -0.142. The highest BCUT2D eigenvalue weighted by Crippen LogP contribution is 2.09. The molecule has 0 aliphatic heterocycles. The number of urea groups is 1. The Kier molecular flexibility index (Phi) is 4.76. The van der Waals surface area contributed by atoms with E-state index in [1.807, 2.05) is 0 Å². The highest BCUT2D eigenvalue weighted by molar-refractivity contribution is 5.82. The molecule has 0 fully saturated rings. The van der Waals surface area contributed by atoms with Crippen molar-refractivity contribution in [3.63, 3.8) is 0 Å². The van der Waals surface area contributed by atoms with Crippen LogP contribution in [-0.2, 0) is 11.3 Å². The van der Waals surface area contributed by atoms with Gasteiger partial charge in [-0.2, -0.15) is 0 Å². The Morgan fingerprint density at radius 3 is 2.56 bits per heavy atom. The minimum atomic E-state index is -1.00. The highest BCUT2D eigenvalue weighted by Gasteiger charge is 2.26. The van der Waals surface area contributed by atoms with Gasteiger partial charge in [-0.15, -0.1) is 0 Å². The summed E-state index contributed by atoms with van der Waals surface area (Å²) >= 11 is 0. The van der Waals surface area contributed by atoms with Gasteiger partial charge in [0.1, 0.15) is 11.8 Å². The summed E-state index contributed by atoms with van der Waals surface area (Å²) in [4.78, 5) is 25.7. The molecule has 1 rings (SSSR count). The number of hydrogen-bond acceptors (Lipinski definition) is 3. The first-order valence-electron chi connectivity index (χ1n) is 5.70. The Morgan fingerprint density at radius 2 is 2.11 bits per heavy atom. The smallest absolute Gasteiger partial charge is 0.326 e. The molecule has 0 radical (unpaired) electrons. The van der Waals surface area contributed by atoms with E-state index < -0.39 is 12.0 Å². The number of amides is 2. The molecule has 0 aliphatic rings. The van der Waals surface area contributed by atoms with Crippen LogP contribution >= 0.6 is 0 Å². The molecule has 2 amide bonds. The molecule has 0 saturated carbocycles. The summed E-state index contributed by atoms with van der Waals surface area (Å²) < 4.78 is 5.14. The molecule has 0 spiro atoms. The molecule has 1 heterocycles. The van der Waals surface area contributed by atoms with Gasteiger partial charge >= 0.3 is 12.0 Å². The predicted molar refractivity (Wildman–Crippen MR) is 65.0 cm³/mol. The van der Waals surface area contributed by atoms with E-state index in [0.717, 1.165) is 0 Å². The number of hydrogen-bond donors (Lipinski definition) is 1. The number of carbonyl (C=O) groups excluding carboxylic acids is 1. The van der Waals surface area contributed by atoms with Gasteiger partial charge in [0, 0.05) is 14.1 Å². The SMILES string of the molecule is CCC(C(=O)O)N(C)C(=O)N(C)Cc1ccco1. The minimum Gasteiger partial charge on any atom is -0.480 e. The normalized spacial score (nSPS) is 11.9. The summed E-state index contributed by atoms with van der Waals surface area (Å²) in [5.74, 6) is -0.345. The van der Waals surface area contributed by atoms with Crippen LogP contribution in [0.1, 0.15) is 19.1 Å². The molecule has 100 valence electrons. The van der Waals surface area contributed by atoms with Crippen LogP contribution in [0.4, 0.5) is 4.79 Å². The van der Waals surface area contributed by atoms with Crippen molar-refractivity contribution >= 4 is 12.0 Å². The maximum atomic E-state index is 12.0. The Bertz CT molecular complexity index is 402. The minimum absolute atomic E-state index is 0.312. The van der Waals surface area contributed by atoms with Crippen LogP contribution in [-0.4, -0.2) is 47.0 Å². The molecule has 0 aromatic carbocycles. The van der Waals surface area contributed by atoms with Crippen molar-refractivity contribution in [3.05, 3.63) is 24.2 Å². The van der Waals surface area contributed by atoms with Gasteiger partial charge in [-0.3, -0.25) is 0 Å². The zero-order valence-electron chi connectivity index (χ0n) is 10.8. The fraction of sp³-hybridized carbons (Fsp3) is 0.500. The third-order valence-corrected chi connectivity index (χ3v) is 2.74. The van der Waals surface area contributed by atoms with Crippen LogP contribution in [0.25, 0.3) is 0 Å². The van der Waals surface area contributed by atoms with E-state index in [2.05, 4.69) is 0 Å². The second kappa shape index (κ2) is 6.09. The molecule has 0 aliphatic carbocycles. The van der Waals surface area contributed by atoms with Crippen molar-refractivity contribution in [1.82, 2.24) is 9.80 Å². The maximum Gasteiger partial charge on any atom is 0.326 e. The monoisotopic (exact) mass is 254 g/mol. The quantitative estimate of drug-likeness (QED) is 0.866. The lowest BCUT2D eigenvalue weighted by Crippen LogP contribution is -2.47. The van der Waals surface area contributed by atoms with Gasteiger partial charge in [-0.1, -0.05) is 6.92 Å². The van der Waals surface area contributed by atoms with E-state index in [-0.39, 0.29) is 6.03 Å². The third-order valence-electron chi connectivity index (χ3n) is 2.74. The molecule has 1 aromatic rings. The van der Waals surface area contributed by atoms with Crippen molar-refractivity contribution in [3.8, 4) is 0 Å². The van der Waals surface area contributed by atoms with Gasteiger partial charge in [0.2, 0.25) is 0 Å². The fourth-order valence-corrected chi connectivity index (χ4v) is 1.72. The van der Waals surface area contributed by atoms with Crippen LogP contribution in [0, 0.1) is 0 Å². The van der Waals surface area contributed by atoms with E-state index >= 15 is 0 Å². The standard InChI is InChI=1S/C12H18N2O4/c1-4-10(11(15)16)14(3)12(17)13(2)8-9-6-5-7-18-9/h5-7,10H,4,8H2,1-3H3,(H,15,16).